The fourth-order valence-electron chi connectivity index (χ4n) is 3.87. The van der Waals surface area contributed by atoms with Crippen molar-refractivity contribution < 1.29 is 0 Å². The van der Waals surface area contributed by atoms with Gasteiger partial charge >= 0.3 is 0 Å². The molecule has 0 aliphatic heterocycles. The van der Waals surface area contributed by atoms with Gasteiger partial charge in [0.15, 0.2) is 0 Å². The van der Waals surface area contributed by atoms with Crippen LogP contribution in [0.1, 0.15) is 24.5 Å². The van der Waals surface area contributed by atoms with Crippen molar-refractivity contribution in [3.63, 3.8) is 0 Å². The van der Waals surface area contributed by atoms with Crippen molar-refractivity contribution in [2.24, 2.45) is 0 Å². The Labute approximate surface area is 138 Å². The first-order valence-corrected chi connectivity index (χ1v) is 8.19. The van der Waals surface area contributed by atoms with E-state index in [4.69, 9.17) is 0 Å². The Morgan fingerprint density at radius 1 is 0.783 bits per heavy atom. The lowest BCUT2D eigenvalue weighted by Crippen LogP contribution is -2.29. The Balaban J connectivity index is 2.03. The van der Waals surface area contributed by atoms with Crippen LogP contribution in [-0.2, 0) is 5.41 Å². The van der Waals surface area contributed by atoms with Gasteiger partial charge in [-0.3, -0.25) is 0 Å². The van der Waals surface area contributed by atoms with Crippen molar-refractivity contribution in [3.05, 3.63) is 119 Å². The Morgan fingerprint density at radius 3 is 2.00 bits per heavy atom. The first-order valence-electron chi connectivity index (χ1n) is 8.19. The summed E-state index contributed by atoms with van der Waals surface area (Å²) >= 11 is 0. The minimum absolute atomic E-state index is 0.115. The lowest BCUT2D eigenvalue weighted by atomic mass is 9.66. The van der Waals surface area contributed by atoms with Crippen LogP contribution in [0.2, 0.25) is 0 Å². The smallest absolute Gasteiger partial charge is 0.0491 e. The summed E-state index contributed by atoms with van der Waals surface area (Å²) in [5.74, 6) is 0. The first-order chi connectivity index (χ1) is 11.3. The number of fused-ring (bicyclic) bond motifs is 1. The highest BCUT2D eigenvalue weighted by Crippen LogP contribution is 2.49. The van der Waals surface area contributed by atoms with E-state index in [1.54, 1.807) is 0 Å². The monoisotopic (exact) mass is 296 g/mol. The van der Waals surface area contributed by atoms with Crippen molar-refractivity contribution in [1.82, 2.24) is 0 Å². The molecule has 0 heterocycles. The highest BCUT2D eigenvalue weighted by atomic mass is 14.4. The van der Waals surface area contributed by atoms with Gasteiger partial charge in [-0.2, -0.15) is 0 Å². The normalized spacial score (nSPS) is 18.6. The summed E-state index contributed by atoms with van der Waals surface area (Å²) in [6.07, 6.45) is 12.4. The fourth-order valence-corrected chi connectivity index (χ4v) is 3.87. The Bertz CT molecular complexity index is 791. The quantitative estimate of drug-likeness (QED) is 0.662. The van der Waals surface area contributed by atoms with Gasteiger partial charge < -0.3 is 0 Å². The van der Waals surface area contributed by atoms with E-state index in [2.05, 4.69) is 98.0 Å². The van der Waals surface area contributed by atoms with Crippen molar-refractivity contribution in [1.29, 1.82) is 0 Å². The predicted octanol–water partition coefficient (Wildman–Crippen LogP) is 5.75. The maximum absolute atomic E-state index is 2.36. The van der Waals surface area contributed by atoms with E-state index in [1.807, 2.05) is 0 Å². The topological polar surface area (TPSA) is 0 Å². The third-order valence-corrected chi connectivity index (χ3v) is 4.90. The molecule has 0 spiro atoms. The summed E-state index contributed by atoms with van der Waals surface area (Å²) in [5.41, 5.74) is 6.69. The van der Waals surface area contributed by atoms with Crippen LogP contribution in [-0.4, -0.2) is 0 Å². The summed E-state index contributed by atoms with van der Waals surface area (Å²) < 4.78 is 0. The molecule has 0 saturated heterocycles. The first kappa shape index (κ1) is 14.0. The zero-order valence-electron chi connectivity index (χ0n) is 13.4. The average molecular weight is 296 g/mol. The fraction of sp³-hybridized carbons (Fsp3) is 0.130. The molecular weight excluding hydrogens is 276 g/mol. The number of hydrogen-bond acceptors (Lipinski definition) is 0. The minimum atomic E-state index is -0.115. The average Bonchev–Trinajstić information content (AvgIpc) is 2.89. The summed E-state index contributed by atoms with van der Waals surface area (Å²) in [7, 11) is 0. The molecule has 4 rings (SSSR count). The Morgan fingerprint density at radius 2 is 1.39 bits per heavy atom. The molecule has 0 fully saturated rings. The molecule has 2 aliphatic rings. The molecule has 0 unspecified atom stereocenters. The van der Waals surface area contributed by atoms with Crippen LogP contribution in [0.25, 0.3) is 0 Å². The van der Waals surface area contributed by atoms with Crippen LogP contribution in [0.4, 0.5) is 0 Å². The van der Waals surface area contributed by atoms with Crippen molar-refractivity contribution in [3.8, 4) is 0 Å². The predicted molar refractivity (Wildman–Crippen MR) is 97.3 cm³/mol. The van der Waals surface area contributed by atoms with Gasteiger partial charge in [0.1, 0.15) is 0 Å². The van der Waals surface area contributed by atoms with Gasteiger partial charge in [-0.15, -0.1) is 0 Å². The summed E-state index contributed by atoms with van der Waals surface area (Å²) in [6, 6.07) is 21.8. The molecule has 0 nitrogen and oxygen atoms in total. The minimum Gasteiger partial charge on any atom is -0.0830 e. The zero-order chi connectivity index (χ0) is 15.7. The molecule has 2 aromatic rings. The molecule has 0 aromatic heterocycles. The number of rotatable bonds is 2. The Hall–Kier alpha value is -2.60. The van der Waals surface area contributed by atoms with Gasteiger partial charge in [-0.25, -0.2) is 0 Å². The SMILES string of the molecule is CC1=CC2=CC=CCC(c3ccccc3)(c3ccccc3)C2=C1. The summed E-state index contributed by atoms with van der Waals surface area (Å²) in [4.78, 5) is 0. The molecule has 0 bridgehead atoms. The van der Waals surface area contributed by atoms with E-state index in [-0.39, 0.29) is 5.41 Å². The van der Waals surface area contributed by atoms with Crippen LogP contribution >= 0.6 is 0 Å². The van der Waals surface area contributed by atoms with Crippen molar-refractivity contribution in [2.75, 3.05) is 0 Å². The van der Waals surface area contributed by atoms with Crippen molar-refractivity contribution in [2.45, 2.75) is 18.8 Å². The maximum atomic E-state index is 2.36. The molecule has 112 valence electrons. The summed E-state index contributed by atoms with van der Waals surface area (Å²) in [6.45, 7) is 2.19. The van der Waals surface area contributed by atoms with Gasteiger partial charge in [0.05, 0.1) is 0 Å². The van der Waals surface area contributed by atoms with Crippen LogP contribution in [0.3, 0.4) is 0 Å². The van der Waals surface area contributed by atoms with E-state index in [9.17, 15) is 0 Å². The second-order valence-corrected chi connectivity index (χ2v) is 6.34. The Kier molecular flexibility index (Phi) is 3.38. The highest BCUT2D eigenvalue weighted by Gasteiger charge is 2.39. The second kappa shape index (κ2) is 5.55. The molecule has 0 saturated carbocycles. The van der Waals surface area contributed by atoms with E-state index in [0.717, 1.165) is 6.42 Å². The largest absolute Gasteiger partial charge is 0.0830 e. The molecule has 2 aliphatic carbocycles. The molecule has 0 heteroatoms. The van der Waals surface area contributed by atoms with Crippen LogP contribution in [0.15, 0.2) is 108 Å². The van der Waals surface area contributed by atoms with E-state index < -0.39 is 0 Å². The van der Waals surface area contributed by atoms with Crippen LogP contribution in [0, 0.1) is 0 Å². The van der Waals surface area contributed by atoms with Crippen LogP contribution in [0.5, 0.6) is 0 Å². The molecule has 2 aromatic carbocycles. The standard InChI is InChI=1S/C23H20/c1-18-16-19-10-8-9-15-23(22(19)17-18,20-11-4-2-5-12-20)21-13-6-3-7-14-21/h2-14,16-17H,15H2,1H3. The maximum Gasteiger partial charge on any atom is 0.0491 e. The number of benzene rings is 2. The molecule has 0 amide bonds. The lowest BCUT2D eigenvalue weighted by Gasteiger charge is -2.36. The van der Waals surface area contributed by atoms with Crippen LogP contribution < -0.4 is 0 Å². The van der Waals surface area contributed by atoms with Gasteiger partial charge in [0.2, 0.25) is 0 Å². The molecule has 0 radical (unpaired) electrons. The molecular formula is C23H20. The zero-order valence-corrected chi connectivity index (χ0v) is 13.4. The molecule has 0 atom stereocenters. The van der Waals surface area contributed by atoms with Gasteiger partial charge in [0, 0.05) is 5.41 Å². The molecule has 23 heavy (non-hydrogen) atoms. The lowest BCUT2D eigenvalue weighted by molar-refractivity contribution is 0.625. The van der Waals surface area contributed by atoms with E-state index in [0.29, 0.717) is 0 Å². The second-order valence-electron chi connectivity index (χ2n) is 6.34. The molecule has 0 N–H and O–H groups in total. The number of hydrogen-bond donors (Lipinski definition) is 0. The van der Waals surface area contributed by atoms with Gasteiger partial charge in [-0.05, 0) is 35.6 Å². The van der Waals surface area contributed by atoms with E-state index >= 15 is 0 Å². The third-order valence-electron chi connectivity index (χ3n) is 4.90. The van der Waals surface area contributed by atoms with Gasteiger partial charge in [-0.1, -0.05) is 96.6 Å². The number of allylic oxidation sites excluding steroid dienone is 8. The highest BCUT2D eigenvalue weighted by molar-refractivity contribution is 5.65. The van der Waals surface area contributed by atoms with Gasteiger partial charge in [0.25, 0.3) is 0 Å². The summed E-state index contributed by atoms with van der Waals surface area (Å²) in [5, 5.41) is 0. The third kappa shape index (κ3) is 2.22. The van der Waals surface area contributed by atoms with Crippen molar-refractivity contribution >= 4 is 0 Å². The van der Waals surface area contributed by atoms with E-state index in [1.165, 1.54) is 27.8 Å².